The van der Waals surface area contributed by atoms with Crippen LogP contribution >= 0.6 is 0 Å². The highest BCUT2D eigenvalue weighted by Gasteiger charge is 2.33. The van der Waals surface area contributed by atoms with E-state index in [0.29, 0.717) is 11.1 Å². The maximum absolute atomic E-state index is 14.5. The monoisotopic (exact) mass is 546 g/mol. The molecule has 4 aromatic rings. The summed E-state index contributed by atoms with van der Waals surface area (Å²) in [5.41, 5.74) is 1.75. The Kier molecular flexibility index (Phi) is 8.23. The van der Waals surface area contributed by atoms with Crippen molar-refractivity contribution >= 4 is 5.78 Å². The molecule has 0 aliphatic carbocycles. The zero-order valence-corrected chi connectivity index (χ0v) is 21.9. The Hall–Kier alpha value is -5.05. The molecule has 2 unspecified atom stereocenters. The lowest BCUT2D eigenvalue weighted by Crippen LogP contribution is -2.24. The Bertz CT molecular complexity index is 1420. The second kappa shape index (κ2) is 11.8. The van der Waals surface area contributed by atoms with Crippen LogP contribution in [0.3, 0.4) is 0 Å². The number of phenols is 6. The molecule has 208 valence electrons. The molecule has 0 radical (unpaired) electrons. The summed E-state index contributed by atoms with van der Waals surface area (Å²) in [5.74, 6) is -2.96. The largest absolute Gasteiger partial charge is 0.508 e. The van der Waals surface area contributed by atoms with E-state index >= 15 is 0 Å². The molecule has 0 amide bonds. The Morgan fingerprint density at radius 3 is 1.32 bits per heavy atom. The normalized spacial score (nSPS) is 12.4. The molecule has 0 aliphatic heterocycles. The van der Waals surface area contributed by atoms with E-state index in [9.17, 15) is 35.4 Å². The minimum absolute atomic E-state index is 0.0743. The first-order chi connectivity index (χ1) is 19.1. The first kappa shape index (κ1) is 28.0. The fourth-order valence-corrected chi connectivity index (χ4v) is 4.79. The number of phenolic OH excluding ortho intramolecular Hbond substituents is 6. The van der Waals surface area contributed by atoms with E-state index in [1.807, 2.05) is 0 Å². The molecule has 0 heterocycles. The number of methoxy groups -OCH3 is 2. The molecule has 4 rings (SSSR count). The van der Waals surface area contributed by atoms with Crippen molar-refractivity contribution in [3.05, 3.63) is 95.1 Å². The molecule has 0 saturated carbocycles. The van der Waals surface area contributed by atoms with Crippen LogP contribution in [0.1, 0.15) is 34.1 Å². The van der Waals surface area contributed by atoms with Crippen LogP contribution < -0.4 is 9.47 Å². The number of benzene rings is 4. The number of carbonyl (C=O) groups excluding carboxylic acids is 1. The predicted molar refractivity (Wildman–Crippen MR) is 147 cm³/mol. The summed E-state index contributed by atoms with van der Waals surface area (Å²) in [6.07, 6.45) is 0.171. The van der Waals surface area contributed by atoms with E-state index in [2.05, 4.69) is 0 Å². The SMILES string of the molecule is COc1cc(CC(C(=O)C(Cc2ccc(O)c(OC)c2)c2ccc(O)cc2O)c2ccc(O)cc2O)ccc1O. The first-order valence-electron chi connectivity index (χ1n) is 12.4. The standard InChI is InChI=1S/C31H30O9/c1-39-29-13-17(3-9-25(29)34)11-23(21-7-5-19(32)15-27(21)36)31(38)24(22-8-6-20(33)16-28(22)37)12-18-4-10-26(35)30(14-18)40-2/h3-10,13-16,23-24,32-37H,11-12H2,1-2H3. The molecule has 0 saturated heterocycles. The lowest BCUT2D eigenvalue weighted by atomic mass is 9.77. The minimum Gasteiger partial charge on any atom is -0.508 e. The summed E-state index contributed by atoms with van der Waals surface area (Å²) in [5, 5.41) is 61.4. The molecular weight excluding hydrogens is 516 g/mol. The third-order valence-corrected chi connectivity index (χ3v) is 6.83. The van der Waals surface area contributed by atoms with Gasteiger partial charge in [0, 0.05) is 23.3 Å². The molecular formula is C31H30O9. The predicted octanol–water partition coefficient (Wildman–Crippen LogP) is 4.86. The molecule has 9 heteroatoms. The molecule has 40 heavy (non-hydrogen) atoms. The van der Waals surface area contributed by atoms with Crippen molar-refractivity contribution in [1.82, 2.24) is 0 Å². The van der Waals surface area contributed by atoms with Crippen LogP contribution in [0.2, 0.25) is 0 Å². The van der Waals surface area contributed by atoms with Crippen LogP contribution in [0, 0.1) is 0 Å². The summed E-state index contributed by atoms with van der Waals surface area (Å²) < 4.78 is 10.4. The lowest BCUT2D eigenvalue weighted by molar-refractivity contribution is -0.122. The highest BCUT2D eigenvalue weighted by atomic mass is 16.5. The summed E-state index contributed by atoms with van der Waals surface area (Å²) in [6, 6.07) is 17.3. The van der Waals surface area contributed by atoms with Crippen LogP contribution in [0.25, 0.3) is 0 Å². The number of aromatic hydroxyl groups is 6. The number of Topliss-reactive ketones (excluding diaryl/α,β-unsaturated/α-hetero) is 1. The van der Waals surface area contributed by atoms with Gasteiger partial charge in [-0.05, 0) is 60.4 Å². The van der Waals surface area contributed by atoms with Crippen LogP contribution in [-0.2, 0) is 17.6 Å². The van der Waals surface area contributed by atoms with Gasteiger partial charge in [0.05, 0.1) is 26.1 Å². The smallest absolute Gasteiger partial charge is 0.160 e. The molecule has 0 bridgehead atoms. The average Bonchev–Trinajstić information content (AvgIpc) is 2.92. The van der Waals surface area contributed by atoms with Gasteiger partial charge in [-0.25, -0.2) is 0 Å². The summed E-state index contributed by atoms with van der Waals surface area (Å²) in [4.78, 5) is 14.5. The van der Waals surface area contributed by atoms with E-state index in [1.54, 1.807) is 24.3 Å². The van der Waals surface area contributed by atoms with Crippen molar-refractivity contribution in [1.29, 1.82) is 0 Å². The summed E-state index contributed by atoms with van der Waals surface area (Å²) in [6.45, 7) is 0. The van der Waals surface area contributed by atoms with E-state index < -0.39 is 11.8 Å². The van der Waals surface area contributed by atoms with Gasteiger partial charge in [0.1, 0.15) is 28.8 Å². The third kappa shape index (κ3) is 5.99. The lowest BCUT2D eigenvalue weighted by Gasteiger charge is -2.25. The van der Waals surface area contributed by atoms with Crippen molar-refractivity contribution in [2.45, 2.75) is 24.7 Å². The quantitative estimate of drug-likeness (QED) is 0.163. The Morgan fingerprint density at radius 1 is 0.575 bits per heavy atom. The van der Waals surface area contributed by atoms with Crippen LogP contribution in [-0.4, -0.2) is 50.6 Å². The van der Waals surface area contributed by atoms with Gasteiger partial charge in [-0.1, -0.05) is 24.3 Å². The molecule has 9 nitrogen and oxygen atoms in total. The second-order valence-electron chi connectivity index (χ2n) is 9.41. The Balaban J connectivity index is 1.84. The van der Waals surface area contributed by atoms with Gasteiger partial charge in [-0.15, -0.1) is 0 Å². The molecule has 0 aliphatic rings. The van der Waals surface area contributed by atoms with Crippen LogP contribution in [0.4, 0.5) is 0 Å². The second-order valence-corrected chi connectivity index (χ2v) is 9.41. The van der Waals surface area contributed by atoms with Crippen molar-refractivity contribution in [2.24, 2.45) is 0 Å². The van der Waals surface area contributed by atoms with Gasteiger partial charge in [-0.3, -0.25) is 4.79 Å². The fourth-order valence-electron chi connectivity index (χ4n) is 4.79. The molecule has 0 aromatic heterocycles. The summed E-state index contributed by atoms with van der Waals surface area (Å²) >= 11 is 0. The van der Waals surface area contributed by atoms with Gasteiger partial charge in [0.25, 0.3) is 0 Å². The number of rotatable bonds is 10. The molecule has 0 spiro atoms. The Labute approximate surface area is 230 Å². The van der Waals surface area contributed by atoms with E-state index in [1.165, 1.54) is 50.6 Å². The number of hydrogen-bond donors (Lipinski definition) is 6. The molecule has 2 atom stereocenters. The zero-order valence-electron chi connectivity index (χ0n) is 21.9. The van der Waals surface area contributed by atoms with Gasteiger partial charge in [0.2, 0.25) is 0 Å². The van der Waals surface area contributed by atoms with E-state index in [-0.39, 0.29) is 75.7 Å². The van der Waals surface area contributed by atoms with Crippen LogP contribution in [0.5, 0.6) is 46.0 Å². The van der Waals surface area contributed by atoms with Crippen molar-refractivity contribution in [2.75, 3.05) is 14.2 Å². The van der Waals surface area contributed by atoms with Gasteiger partial charge in [-0.2, -0.15) is 0 Å². The van der Waals surface area contributed by atoms with Gasteiger partial charge < -0.3 is 40.1 Å². The maximum atomic E-state index is 14.5. The maximum Gasteiger partial charge on any atom is 0.160 e. The highest BCUT2D eigenvalue weighted by Crippen LogP contribution is 2.41. The van der Waals surface area contributed by atoms with Crippen molar-refractivity contribution in [3.63, 3.8) is 0 Å². The molecule has 4 aromatic carbocycles. The topological polar surface area (TPSA) is 157 Å². The zero-order chi connectivity index (χ0) is 29.0. The number of ketones is 1. The van der Waals surface area contributed by atoms with Crippen molar-refractivity contribution in [3.8, 4) is 46.0 Å². The summed E-state index contributed by atoms with van der Waals surface area (Å²) in [7, 11) is 2.81. The third-order valence-electron chi connectivity index (χ3n) is 6.83. The highest BCUT2D eigenvalue weighted by molar-refractivity contribution is 5.93. The Morgan fingerprint density at radius 2 is 0.975 bits per heavy atom. The number of carbonyl (C=O) groups is 1. The number of hydrogen-bond acceptors (Lipinski definition) is 9. The van der Waals surface area contributed by atoms with Crippen LogP contribution in [0.15, 0.2) is 72.8 Å². The minimum atomic E-state index is -0.966. The average molecular weight is 547 g/mol. The first-order valence-corrected chi connectivity index (χ1v) is 12.4. The van der Waals surface area contributed by atoms with E-state index in [0.717, 1.165) is 12.1 Å². The molecule has 6 N–H and O–H groups in total. The molecule has 0 fully saturated rings. The van der Waals surface area contributed by atoms with Gasteiger partial charge >= 0.3 is 0 Å². The van der Waals surface area contributed by atoms with E-state index in [4.69, 9.17) is 9.47 Å². The van der Waals surface area contributed by atoms with Crippen molar-refractivity contribution < 1.29 is 44.9 Å². The van der Waals surface area contributed by atoms with Gasteiger partial charge in [0.15, 0.2) is 23.0 Å². The fraction of sp³-hybridized carbons (Fsp3) is 0.194. The number of ether oxygens (including phenoxy) is 2.